The molecule has 82 valence electrons. The second-order valence-corrected chi connectivity index (χ2v) is 4.02. The Kier molecular flexibility index (Phi) is 3.05. The lowest BCUT2D eigenvalue weighted by Gasteiger charge is -2.09. The van der Waals surface area contributed by atoms with Gasteiger partial charge in [0.2, 0.25) is 0 Å². The van der Waals surface area contributed by atoms with E-state index in [9.17, 15) is 0 Å². The van der Waals surface area contributed by atoms with Gasteiger partial charge < -0.3 is 10.5 Å². The van der Waals surface area contributed by atoms with Gasteiger partial charge in [-0.2, -0.15) is 5.10 Å². The van der Waals surface area contributed by atoms with Gasteiger partial charge in [-0.25, -0.2) is 0 Å². The summed E-state index contributed by atoms with van der Waals surface area (Å²) in [6.45, 7) is 0. The van der Waals surface area contributed by atoms with Gasteiger partial charge >= 0.3 is 0 Å². The molecule has 2 rings (SSSR count). The number of nitrogen functional groups attached to an aromatic ring is 1. The second-order valence-electron chi connectivity index (χ2n) is 3.16. The van der Waals surface area contributed by atoms with E-state index in [2.05, 4.69) is 26.1 Å². The number of ether oxygens (including phenoxy) is 1. The molecular formula is C11H10BrN3O. The molecule has 0 unspecified atom stereocenters. The average Bonchev–Trinajstić information content (AvgIpc) is 2.31. The first-order valence-electron chi connectivity index (χ1n) is 4.64. The Balaban J connectivity index is 2.61. The van der Waals surface area contributed by atoms with Crippen LogP contribution in [0.3, 0.4) is 0 Å². The van der Waals surface area contributed by atoms with E-state index in [1.165, 1.54) is 7.11 Å². The third-order valence-electron chi connectivity index (χ3n) is 2.21. The minimum Gasteiger partial charge on any atom is -0.478 e. The van der Waals surface area contributed by atoms with Gasteiger partial charge in [0.1, 0.15) is 5.69 Å². The van der Waals surface area contributed by atoms with Gasteiger partial charge in [0.05, 0.1) is 13.3 Å². The normalized spacial score (nSPS) is 10.1. The van der Waals surface area contributed by atoms with Crippen molar-refractivity contribution in [1.82, 2.24) is 10.2 Å². The van der Waals surface area contributed by atoms with E-state index < -0.39 is 0 Å². The molecule has 0 aliphatic rings. The van der Waals surface area contributed by atoms with Crippen LogP contribution in [0.15, 0.2) is 34.9 Å². The van der Waals surface area contributed by atoms with Crippen molar-refractivity contribution < 1.29 is 4.74 Å². The smallest absolute Gasteiger partial charge is 0.257 e. The minimum absolute atomic E-state index is 0.341. The van der Waals surface area contributed by atoms with Crippen molar-refractivity contribution in [2.24, 2.45) is 0 Å². The van der Waals surface area contributed by atoms with Crippen molar-refractivity contribution >= 4 is 21.6 Å². The lowest BCUT2D eigenvalue weighted by molar-refractivity contribution is 0.394. The Morgan fingerprint density at radius 1 is 1.25 bits per heavy atom. The maximum atomic E-state index is 5.95. The number of methoxy groups -OCH3 is 1. The van der Waals surface area contributed by atoms with Crippen LogP contribution in [-0.2, 0) is 0 Å². The summed E-state index contributed by atoms with van der Waals surface area (Å²) in [5.74, 6) is 0.341. The zero-order chi connectivity index (χ0) is 11.5. The van der Waals surface area contributed by atoms with E-state index in [0.29, 0.717) is 11.6 Å². The largest absolute Gasteiger partial charge is 0.478 e. The molecule has 1 aromatic heterocycles. The van der Waals surface area contributed by atoms with Gasteiger partial charge in [0, 0.05) is 10.0 Å². The molecule has 0 radical (unpaired) electrons. The van der Waals surface area contributed by atoms with Gasteiger partial charge in [-0.15, -0.1) is 5.10 Å². The van der Waals surface area contributed by atoms with Crippen molar-refractivity contribution in [3.8, 4) is 17.0 Å². The molecule has 0 aliphatic carbocycles. The molecule has 4 nitrogen and oxygen atoms in total. The van der Waals surface area contributed by atoms with E-state index >= 15 is 0 Å². The van der Waals surface area contributed by atoms with Crippen LogP contribution in [0.4, 0.5) is 5.69 Å². The van der Waals surface area contributed by atoms with E-state index in [1.807, 2.05) is 24.3 Å². The molecule has 2 N–H and O–H groups in total. The number of rotatable bonds is 2. The van der Waals surface area contributed by atoms with Crippen LogP contribution in [0.25, 0.3) is 11.1 Å². The molecule has 0 spiro atoms. The monoisotopic (exact) mass is 279 g/mol. The molecule has 0 fully saturated rings. The highest BCUT2D eigenvalue weighted by atomic mass is 79.9. The summed E-state index contributed by atoms with van der Waals surface area (Å²) < 4.78 is 5.99. The minimum atomic E-state index is 0.341. The molecule has 0 atom stereocenters. The molecule has 1 aromatic carbocycles. The fourth-order valence-electron chi connectivity index (χ4n) is 1.42. The highest BCUT2D eigenvalue weighted by Crippen LogP contribution is 2.34. The molecular weight excluding hydrogens is 270 g/mol. The summed E-state index contributed by atoms with van der Waals surface area (Å²) in [7, 11) is 1.52. The first-order chi connectivity index (χ1) is 7.74. The van der Waals surface area contributed by atoms with E-state index in [1.54, 1.807) is 6.20 Å². The lowest BCUT2D eigenvalue weighted by atomic mass is 10.1. The van der Waals surface area contributed by atoms with Crippen molar-refractivity contribution in [3.63, 3.8) is 0 Å². The Morgan fingerprint density at radius 3 is 2.69 bits per heavy atom. The number of hydrogen-bond acceptors (Lipinski definition) is 4. The van der Waals surface area contributed by atoms with Crippen molar-refractivity contribution in [3.05, 3.63) is 34.9 Å². The quantitative estimate of drug-likeness (QED) is 0.918. The number of anilines is 1. The Morgan fingerprint density at radius 2 is 2.00 bits per heavy atom. The third kappa shape index (κ3) is 1.86. The number of hydrogen-bond donors (Lipinski definition) is 1. The van der Waals surface area contributed by atoms with Gasteiger partial charge in [-0.05, 0) is 11.6 Å². The van der Waals surface area contributed by atoms with Crippen LogP contribution >= 0.6 is 15.9 Å². The molecule has 16 heavy (non-hydrogen) atoms. The van der Waals surface area contributed by atoms with E-state index in [0.717, 1.165) is 15.6 Å². The van der Waals surface area contributed by atoms with Crippen molar-refractivity contribution in [2.75, 3.05) is 12.8 Å². The number of nitrogens with zero attached hydrogens (tertiary/aromatic N) is 2. The summed E-state index contributed by atoms with van der Waals surface area (Å²) in [6.07, 6.45) is 1.62. The summed E-state index contributed by atoms with van der Waals surface area (Å²) in [6, 6.07) is 7.78. The Labute approximate surface area is 102 Å². The fourth-order valence-corrected chi connectivity index (χ4v) is 1.92. The molecule has 1 heterocycles. The predicted molar refractivity (Wildman–Crippen MR) is 66.1 cm³/mol. The summed E-state index contributed by atoms with van der Waals surface area (Å²) in [5, 5.41) is 7.66. The first-order valence-corrected chi connectivity index (χ1v) is 5.43. The number of nitrogens with two attached hydrogens (primary N) is 1. The molecule has 5 heteroatoms. The van der Waals surface area contributed by atoms with Crippen LogP contribution in [0.5, 0.6) is 5.88 Å². The number of benzene rings is 1. The Bertz CT molecular complexity index is 516. The maximum absolute atomic E-state index is 5.95. The zero-order valence-corrected chi connectivity index (χ0v) is 10.2. The van der Waals surface area contributed by atoms with Gasteiger partial charge in [0.15, 0.2) is 0 Å². The van der Waals surface area contributed by atoms with Crippen LogP contribution < -0.4 is 10.5 Å². The standard InChI is InChI=1S/C11H10BrN3O/c1-16-11-10(13)8(6-14-15-11)7-4-2-3-5-9(7)12/h2-6H,1H3,(H2,13,14). The molecule has 0 bridgehead atoms. The summed E-state index contributed by atoms with van der Waals surface area (Å²) in [4.78, 5) is 0. The highest BCUT2D eigenvalue weighted by molar-refractivity contribution is 9.10. The van der Waals surface area contributed by atoms with E-state index in [4.69, 9.17) is 10.5 Å². The lowest BCUT2D eigenvalue weighted by Crippen LogP contribution is -1.99. The summed E-state index contributed by atoms with van der Waals surface area (Å²) >= 11 is 3.47. The zero-order valence-electron chi connectivity index (χ0n) is 8.64. The third-order valence-corrected chi connectivity index (χ3v) is 2.90. The van der Waals surface area contributed by atoms with Crippen LogP contribution in [0, 0.1) is 0 Å². The SMILES string of the molecule is COc1nncc(-c2ccccc2Br)c1N. The predicted octanol–water partition coefficient (Wildman–Crippen LogP) is 2.50. The fraction of sp³-hybridized carbons (Fsp3) is 0.0909. The van der Waals surface area contributed by atoms with Gasteiger partial charge in [0.25, 0.3) is 5.88 Å². The summed E-state index contributed by atoms with van der Waals surface area (Å²) in [5.41, 5.74) is 8.21. The second kappa shape index (κ2) is 4.49. The molecule has 0 amide bonds. The Hall–Kier alpha value is -1.62. The first kappa shape index (κ1) is 10.9. The van der Waals surface area contributed by atoms with Crippen LogP contribution in [-0.4, -0.2) is 17.3 Å². The highest BCUT2D eigenvalue weighted by Gasteiger charge is 2.11. The molecule has 0 aliphatic heterocycles. The van der Waals surface area contributed by atoms with Gasteiger partial charge in [-0.1, -0.05) is 34.1 Å². The van der Waals surface area contributed by atoms with Crippen molar-refractivity contribution in [1.29, 1.82) is 0 Å². The molecule has 0 saturated carbocycles. The van der Waals surface area contributed by atoms with Gasteiger partial charge in [-0.3, -0.25) is 0 Å². The average molecular weight is 280 g/mol. The topological polar surface area (TPSA) is 61.0 Å². The maximum Gasteiger partial charge on any atom is 0.257 e. The van der Waals surface area contributed by atoms with Crippen molar-refractivity contribution in [2.45, 2.75) is 0 Å². The molecule has 2 aromatic rings. The number of halogens is 1. The molecule has 0 saturated heterocycles. The van der Waals surface area contributed by atoms with E-state index in [-0.39, 0.29) is 0 Å². The van der Waals surface area contributed by atoms with Crippen LogP contribution in [0.2, 0.25) is 0 Å². The van der Waals surface area contributed by atoms with Crippen LogP contribution in [0.1, 0.15) is 0 Å². The number of aromatic nitrogens is 2.